The van der Waals surface area contributed by atoms with Crippen molar-refractivity contribution in [2.45, 2.75) is 19.3 Å². The summed E-state index contributed by atoms with van der Waals surface area (Å²) in [5.74, 6) is -0.395. The molecule has 2 aliphatic rings. The van der Waals surface area contributed by atoms with Crippen molar-refractivity contribution < 1.29 is 8.42 Å². The van der Waals surface area contributed by atoms with Gasteiger partial charge in [0, 0.05) is 16.0 Å². The summed E-state index contributed by atoms with van der Waals surface area (Å²) in [6.45, 7) is 2.15. The molecule has 2 unspecified atom stereocenters. The molecule has 2 aromatic rings. The molecule has 2 aromatic carbocycles. The summed E-state index contributed by atoms with van der Waals surface area (Å²) in [6.07, 6.45) is 3.51. The van der Waals surface area contributed by atoms with Crippen molar-refractivity contribution >= 4 is 55.8 Å². The number of benzene rings is 2. The van der Waals surface area contributed by atoms with Gasteiger partial charge in [0.15, 0.2) is 0 Å². The third-order valence-corrected chi connectivity index (χ3v) is 7.84. The molecule has 9 heteroatoms. The van der Waals surface area contributed by atoms with Crippen LogP contribution in [0.2, 0.25) is 5.02 Å². The van der Waals surface area contributed by atoms with E-state index >= 15 is 0 Å². The standard InChI is InChI=1S/C23H20Cl3N3O2S/c1-15-13-19(25)11-12-21(15)32(30,31)28-23(26)29-14-20(16-5-3-2-4-6-16)22(27-29)17-7-9-18(24)10-8-17/h2-12,15,20H,13-14H2,1H3. The smallest absolute Gasteiger partial charge is 0.236 e. The van der Waals surface area contributed by atoms with Gasteiger partial charge < -0.3 is 0 Å². The normalized spacial score (nSPS) is 21.8. The number of hydrogen-bond donors (Lipinski definition) is 0. The Balaban J connectivity index is 1.69. The molecule has 0 N–H and O–H groups in total. The number of sulfonamides is 1. The van der Waals surface area contributed by atoms with Crippen LogP contribution in [-0.2, 0) is 10.0 Å². The molecule has 1 aliphatic carbocycles. The van der Waals surface area contributed by atoms with E-state index in [4.69, 9.17) is 34.8 Å². The lowest BCUT2D eigenvalue weighted by atomic mass is 9.91. The molecule has 0 saturated carbocycles. The zero-order valence-electron chi connectivity index (χ0n) is 17.1. The van der Waals surface area contributed by atoms with E-state index in [-0.39, 0.29) is 22.0 Å². The molecule has 1 aliphatic heterocycles. The Morgan fingerprint density at radius 1 is 1.06 bits per heavy atom. The highest BCUT2D eigenvalue weighted by Gasteiger charge is 2.33. The lowest BCUT2D eigenvalue weighted by Crippen LogP contribution is -2.24. The molecule has 0 radical (unpaired) electrons. The molecule has 32 heavy (non-hydrogen) atoms. The van der Waals surface area contributed by atoms with Gasteiger partial charge >= 0.3 is 0 Å². The van der Waals surface area contributed by atoms with Crippen LogP contribution in [0.3, 0.4) is 0 Å². The maximum Gasteiger partial charge on any atom is 0.281 e. The van der Waals surface area contributed by atoms with Crippen molar-refractivity contribution in [2.24, 2.45) is 15.4 Å². The van der Waals surface area contributed by atoms with Gasteiger partial charge in [-0.1, -0.05) is 72.6 Å². The highest BCUT2D eigenvalue weighted by Crippen LogP contribution is 2.33. The fraction of sp³-hybridized carbons (Fsp3) is 0.217. The number of hydrazone groups is 1. The van der Waals surface area contributed by atoms with Crippen LogP contribution in [0.4, 0.5) is 0 Å². The molecule has 0 saturated heterocycles. The summed E-state index contributed by atoms with van der Waals surface area (Å²) in [4.78, 5) is 0.181. The minimum atomic E-state index is -3.98. The van der Waals surface area contributed by atoms with Gasteiger partial charge in [-0.25, -0.2) is 5.01 Å². The first kappa shape index (κ1) is 23.1. The number of nitrogens with zero attached hydrogens (tertiary/aromatic N) is 3. The van der Waals surface area contributed by atoms with Crippen molar-refractivity contribution in [3.8, 4) is 0 Å². The zero-order valence-corrected chi connectivity index (χ0v) is 20.2. The highest BCUT2D eigenvalue weighted by atomic mass is 35.5. The molecule has 0 fully saturated rings. The number of hydrogen-bond acceptors (Lipinski definition) is 3. The molecule has 2 atom stereocenters. The summed E-state index contributed by atoms with van der Waals surface area (Å²) in [5.41, 5.74) is 2.68. The molecule has 5 nitrogen and oxygen atoms in total. The Labute approximate surface area is 202 Å². The van der Waals surface area contributed by atoms with Crippen LogP contribution in [0.5, 0.6) is 0 Å². The molecular weight excluding hydrogens is 489 g/mol. The van der Waals surface area contributed by atoms with E-state index in [1.54, 1.807) is 25.1 Å². The van der Waals surface area contributed by atoms with Crippen LogP contribution in [0.25, 0.3) is 0 Å². The molecular formula is C23H20Cl3N3O2S. The molecule has 166 valence electrons. The first-order chi connectivity index (χ1) is 15.2. The second kappa shape index (κ2) is 9.40. The van der Waals surface area contributed by atoms with Crippen LogP contribution in [0, 0.1) is 5.92 Å². The van der Waals surface area contributed by atoms with E-state index in [0.717, 1.165) is 16.8 Å². The van der Waals surface area contributed by atoms with Gasteiger partial charge in [0.05, 0.1) is 17.2 Å². The van der Waals surface area contributed by atoms with Crippen LogP contribution in [0.1, 0.15) is 30.4 Å². The van der Waals surface area contributed by atoms with Gasteiger partial charge in [0.25, 0.3) is 10.0 Å². The summed E-state index contributed by atoms with van der Waals surface area (Å²) in [5, 5.41) is 7.08. The maximum absolute atomic E-state index is 12.9. The van der Waals surface area contributed by atoms with E-state index in [2.05, 4.69) is 9.50 Å². The summed E-state index contributed by atoms with van der Waals surface area (Å²) < 4.78 is 29.7. The summed E-state index contributed by atoms with van der Waals surface area (Å²) in [7, 11) is -3.98. The number of amidine groups is 1. The predicted octanol–water partition coefficient (Wildman–Crippen LogP) is 6.11. The van der Waals surface area contributed by atoms with Crippen LogP contribution >= 0.6 is 34.8 Å². The van der Waals surface area contributed by atoms with Gasteiger partial charge in [-0.3, -0.25) is 0 Å². The van der Waals surface area contributed by atoms with Gasteiger partial charge in [-0.05, 0) is 59.4 Å². The topological polar surface area (TPSA) is 62.1 Å². The molecule has 1 heterocycles. The quantitative estimate of drug-likeness (QED) is 0.284. The lowest BCUT2D eigenvalue weighted by Gasteiger charge is -2.18. The Morgan fingerprint density at radius 3 is 2.41 bits per heavy atom. The van der Waals surface area contributed by atoms with E-state index < -0.39 is 10.0 Å². The third-order valence-electron chi connectivity index (χ3n) is 5.38. The Bertz CT molecular complexity index is 1240. The predicted molar refractivity (Wildman–Crippen MR) is 132 cm³/mol. The number of halogens is 3. The summed E-state index contributed by atoms with van der Waals surface area (Å²) >= 11 is 18.5. The summed E-state index contributed by atoms with van der Waals surface area (Å²) in [6, 6.07) is 17.2. The first-order valence-corrected chi connectivity index (χ1v) is 12.6. The van der Waals surface area contributed by atoms with E-state index in [1.807, 2.05) is 42.5 Å². The molecule has 0 bridgehead atoms. The van der Waals surface area contributed by atoms with Gasteiger partial charge in [-0.15, -0.1) is 4.40 Å². The van der Waals surface area contributed by atoms with Crippen molar-refractivity contribution in [1.29, 1.82) is 0 Å². The maximum atomic E-state index is 12.9. The highest BCUT2D eigenvalue weighted by molar-refractivity contribution is 7.94. The zero-order chi connectivity index (χ0) is 22.9. The molecule has 0 aromatic heterocycles. The SMILES string of the molecule is CC1CC(Cl)=CC=C1S(=O)(=O)N=C(Cl)N1CC(c2ccccc2)C(c2ccc(Cl)cc2)=N1. The fourth-order valence-electron chi connectivity index (χ4n) is 3.78. The molecule has 0 amide bonds. The van der Waals surface area contributed by atoms with E-state index in [1.165, 1.54) is 11.1 Å². The van der Waals surface area contributed by atoms with Crippen LogP contribution in [0.15, 0.2) is 86.2 Å². The monoisotopic (exact) mass is 507 g/mol. The average Bonchev–Trinajstić information content (AvgIpc) is 3.20. The fourth-order valence-corrected chi connectivity index (χ4v) is 5.81. The number of rotatable bonds is 4. The molecule has 4 rings (SSSR count). The Kier molecular flexibility index (Phi) is 6.77. The van der Waals surface area contributed by atoms with E-state index in [0.29, 0.717) is 23.0 Å². The van der Waals surface area contributed by atoms with Gasteiger partial charge in [-0.2, -0.15) is 13.5 Å². The minimum Gasteiger partial charge on any atom is -0.236 e. The van der Waals surface area contributed by atoms with E-state index in [9.17, 15) is 8.42 Å². The second-order valence-corrected chi connectivity index (χ2v) is 10.5. The van der Waals surface area contributed by atoms with Crippen LogP contribution < -0.4 is 0 Å². The number of allylic oxidation sites excluding steroid dienone is 4. The largest absolute Gasteiger partial charge is 0.281 e. The average molecular weight is 509 g/mol. The van der Waals surface area contributed by atoms with Crippen molar-refractivity contribution in [2.75, 3.05) is 6.54 Å². The molecule has 0 spiro atoms. The van der Waals surface area contributed by atoms with Crippen molar-refractivity contribution in [3.63, 3.8) is 0 Å². The Morgan fingerprint density at radius 2 is 1.75 bits per heavy atom. The lowest BCUT2D eigenvalue weighted by molar-refractivity contribution is 0.483. The first-order valence-electron chi connectivity index (χ1n) is 9.98. The van der Waals surface area contributed by atoms with Crippen molar-refractivity contribution in [1.82, 2.24) is 5.01 Å². The minimum absolute atomic E-state index is 0.112. The second-order valence-electron chi connectivity index (χ2n) is 7.66. The van der Waals surface area contributed by atoms with Crippen molar-refractivity contribution in [3.05, 3.63) is 92.8 Å². The third kappa shape index (κ3) is 4.94. The van der Waals surface area contributed by atoms with Gasteiger partial charge in [0.2, 0.25) is 5.29 Å². The van der Waals surface area contributed by atoms with Gasteiger partial charge in [0.1, 0.15) is 0 Å². The van der Waals surface area contributed by atoms with Crippen LogP contribution in [-0.4, -0.2) is 31.0 Å². The Hall–Kier alpha value is -2.12.